The maximum atomic E-state index is 13.2. The lowest BCUT2D eigenvalue weighted by Gasteiger charge is -2.40. The first-order valence-corrected chi connectivity index (χ1v) is 10.3. The Morgan fingerprint density at radius 3 is 2.72 bits per heavy atom. The molecular formula is C21H34N2O2. The molecule has 3 aliphatic rings. The first kappa shape index (κ1) is 18.5. The van der Waals surface area contributed by atoms with Gasteiger partial charge in [0.1, 0.15) is 0 Å². The molecule has 0 bridgehead atoms. The normalized spacial score (nSPS) is 27.9. The molecule has 1 spiro atoms. The second-order valence-electron chi connectivity index (χ2n) is 8.36. The molecule has 25 heavy (non-hydrogen) atoms. The van der Waals surface area contributed by atoms with Gasteiger partial charge in [-0.2, -0.15) is 0 Å². The highest BCUT2D eigenvalue weighted by Crippen LogP contribution is 2.40. The van der Waals surface area contributed by atoms with Crippen molar-refractivity contribution in [1.82, 2.24) is 9.80 Å². The molecular weight excluding hydrogens is 312 g/mol. The molecule has 2 amide bonds. The minimum absolute atomic E-state index is 0.184. The van der Waals surface area contributed by atoms with E-state index in [1.807, 2.05) is 4.90 Å². The third kappa shape index (κ3) is 4.27. The highest BCUT2D eigenvalue weighted by Gasteiger charge is 2.49. The molecule has 1 atom stereocenters. The maximum Gasteiger partial charge on any atom is 0.230 e. The molecule has 4 nitrogen and oxygen atoms in total. The number of amides is 2. The predicted octanol–water partition coefficient (Wildman–Crippen LogP) is 3.76. The maximum absolute atomic E-state index is 13.2. The largest absolute Gasteiger partial charge is 0.342 e. The second kappa shape index (κ2) is 8.37. The molecule has 2 saturated heterocycles. The van der Waals surface area contributed by atoms with Crippen LogP contribution in [0.1, 0.15) is 70.6 Å². The van der Waals surface area contributed by atoms with Gasteiger partial charge in [0, 0.05) is 32.6 Å². The Kier molecular flexibility index (Phi) is 6.19. The van der Waals surface area contributed by atoms with Crippen LogP contribution in [0.25, 0.3) is 0 Å². The molecule has 0 aromatic rings. The standard InChI is InChI=1S/C21H34N2O2/c1-2-3-10-19(24)23-16-13-21(17-23)12-7-14-22(20(21)25)15-11-18-8-5-4-6-9-18/h2,18H,1,3-17H2/t21-/m0/s1. The number of hydrogen-bond donors (Lipinski definition) is 0. The summed E-state index contributed by atoms with van der Waals surface area (Å²) < 4.78 is 0. The van der Waals surface area contributed by atoms with Gasteiger partial charge in [-0.1, -0.05) is 38.2 Å². The fourth-order valence-corrected chi connectivity index (χ4v) is 5.03. The fourth-order valence-electron chi connectivity index (χ4n) is 5.03. The Hall–Kier alpha value is -1.32. The van der Waals surface area contributed by atoms with Gasteiger partial charge >= 0.3 is 0 Å². The van der Waals surface area contributed by atoms with Gasteiger partial charge in [-0.15, -0.1) is 6.58 Å². The topological polar surface area (TPSA) is 40.6 Å². The lowest BCUT2D eigenvalue weighted by Crippen LogP contribution is -2.50. The van der Waals surface area contributed by atoms with Crippen molar-refractivity contribution in [2.24, 2.45) is 11.3 Å². The van der Waals surface area contributed by atoms with Crippen LogP contribution in [-0.2, 0) is 9.59 Å². The molecule has 0 aromatic carbocycles. The number of likely N-dealkylation sites (tertiary alicyclic amines) is 2. The number of carbonyl (C=O) groups is 2. The van der Waals surface area contributed by atoms with Gasteiger partial charge in [0.2, 0.25) is 11.8 Å². The van der Waals surface area contributed by atoms with Gasteiger partial charge < -0.3 is 9.80 Å². The summed E-state index contributed by atoms with van der Waals surface area (Å²) in [5.74, 6) is 1.33. The lowest BCUT2D eigenvalue weighted by atomic mass is 9.78. The minimum Gasteiger partial charge on any atom is -0.342 e. The number of nitrogens with zero attached hydrogens (tertiary/aromatic N) is 2. The number of rotatable bonds is 6. The summed E-state index contributed by atoms with van der Waals surface area (Å²) in [6, 6.07) is 0. The third-order valence-electron chi connectivity index (χ3n) is 6.63. The lowest BCUT2D eigenvalue weighted by molar-refractivity contribution is -0.146. The minimum atomic E-state index is -0.283. The molecule has 0 N–H and O–H groups in total. The molecule has 140 valence electrons. The summed E-state index contributed by atoms with van der Waals surface area (Å²) in [5, 5.41) is 0. The van der Waals surface area contributed by atoms with Gasteiger partial charge in [-0.3, -0.25) is 9.59 Å². The molecule has 4 heteroatoms. The van der Waals surface area contributed by atoms with Crippen LogP contribution in [0.3, 0.4) is 0 Å². The number of allylic oxidation sites excluding steroid dienone is 1. The average Bonchev–Trinajstić information content (AvgIpc) is 3.07. The van der Waals surface area contributed by atoms with Gasteiger partial charge in [0.25, 0.3) is 0 Å². The molecule has 2 heterocycles. The number of carbonyl (C=O) groups excluding carboxylic acids is 2. The average molecular weight is 347 g/mol. The quantitative estimate of drug-likeness (QED) is 0.687. The fraction of sp³-hybridized carbons (Fsp3) is 0.810. The predicted molar refractivity (Wildman–Crippen MR) is 100 cm³/mol. The Bertz CT molecular complexity index is 498. The number of hydrogen-bond acceptors (Lipinski definition) is 2. The van der Waals surface area contributed by atoms with E-state index in [2.05, 4.69) is 11.5 Å². The van der Waals surface area contributed by atoms with Crippen molar-refractivity contribution < 1.29 is 9.59 Å². The van der Waals surface area contributed by atoms with Crippen LogP contribution in [0.4, 0.5) is 0 Å². The zero-order valence-corrected chi connectivity index (χ0v) is 15.7. The summed E-state index contributed by atoms with van der Waals surface area (Å²) in [5.41, 5.74) is -0.283. The van der Waals surface area contributed by atoms with E-state index in [0.29, 0.717) is 18.9 Å². The van der Waals surface area contributed by atoms with Crippen LogP contribution >= 0.6 is 0 Å². The summed E-state index contributed by atoms with van der Waals surface area (Å²) in [7, 11) is 0. The first-order chi connectivity index (χ1) is 12.1. The van der Waals surface area contributed by atoms with Crippen molar-refractivity contribution in [3.8, 4) is 0 Å². The second-order valence-corrected chi connectivity index (χ2v) is 8.36. The monoisotopic (exact) mass is 346 g/mol. The van der Waals surface area contributed by atoms with Crippen molar-refractivity contribution >= 4 is 11.8 Å². The summed E-state index contributed by atoms with van der Waals surface area (Å²) in [6.45, 7) is 6.92. The van der Waals surface area contributed by atoms with E-state index in [0.717, 1.165) is 51.2 Å². The SMILES string of the molecule is C=CCCC(=O)N1CC[C@@]2(CCCN(CCC3CCCCC3)C2=O)C1. The van der Waals surface area contributed by atoms with Crippen molar-refractivity contribution in [3.63, 3.8) is 0 Å². The van der Waals surface area contributed by atoms with E-state index < -0.39 is 0 Å². The van der Waals surface area contributed by atoms with Gasteiger partial charge in [-0.05, 0) is 38.0 Å². The highest BCUT2D eigenvalue weighted by atomic mass is 16.2. The smallest absolute Gasteiger partial charge is 0.230 e. The van der Waals surface area contributed by atoms with Gasteiger partial charge in [0.15, 0.2) is 0 Å². The van der Waals surface area contributed by atoms with Crippen LogP contribution in [0.2, 0.25) is 0 Å². The molecule has 3 fully saturated rings. The van der Waals surface area contributed by atoms with Crippen LogP contribution in [0.5, 0.6) is 0 Å². The number of piperidine rings is 1. The van der Waals surface area contributed by atoms with E-state index in [1.54, 1.807) is 6.08 Å². The Morgan fingerprint density at radius 2 is 1.96 bits per heavy atom. The molecule has 0 radical (unpaired) electrons. The van der Waals surface area contributed by atoms with Crippen molar-refractivity contribution in [1.29, 1.82) is 0 Å². The van der Waals surface area contributed by atoms with Crippen LogP contribution in [-0.4, -0.2) is 47.8 Å². The third-order valence-corrected chi connectivity index (χ3v) is 6.63. The molecule has 1 aliphatic carbocycles. The van der Waals surface area contributed by atoms with Crippen LogP contribution in [0, 0.1) is 11.3 Å². The molecule has 0 aromatic heterocycles. The Labute approximate surface area is 152 Å². The zero-order valence-electron chi connectivity index (χ0n) is 15.7. The zero-order chi connectivity index (χ0) is 17.7. The molecule has 1 saturated carbocycles. The first-order valence-electron chi connectivity index (χ1n) is 10.3. The van der Waals surface area contributed by atoms with Crippen molar-refractivity contribution in [2.45, 2.75) is 70.6 Å². The molecule has 3 rings (SSSR count). The summed E-state index contributed by atoms with van der Waals surface area (Å²) in [6.07, 6.45) is 13.9. The summed E-state index contributed by atoms with van der Waals surface area (Å²) in [4.78, 5) is 29.5. The van der Waals surface area contributed by atoms with E-state index in [1.165, 1.54) is 38.5 Å². The van der Waals surface area contributed by atoms with Gasteiger partial charge in [-0.25, -0.2) is 0 Å². The van der Waals surface area contributed by atoms with Gasteiger partial charge in [0.05, 0.1) is 5.41 Å². The Morgan fingerprint density at radius 1 is 1.16 bits per heavy atom. The van der Waals surface area contributed by atoms with E-state index >= 15 is 0 Å². The van der Waals surface area contributed by atoms with Crippen molar-refractivity contribution in [2.75, 3.05) is 26.2 Å². The van der Waals surface area contributed by atoms with E-state index in [-0.39, 0.29) is 11.3 Å². The molecule has 0 unspecified atom stereocenters. The van der Waals surface area contributed by atoms with Crippen LogP contribution < -0.4 is 0 Å². The molecule has 2 aliphatic heterocycles. The van der Waals surface area contributed by atoms with E-state index in [4.69, 9.17) is 0 Å². The Balaban J connectivity index is 1.54. The van der Waals surface area contributed by atoms with Crippen LogP contribution in [0.15, 0.2) is 12.7 Å². The highest BCUT2D eigenvalue weighted by molar-refractivity contribution is 5.86. The van der Waals surface area contributed by atoms with E-state index in [9.17, 15) is 9.59 Å². The summed E-state index contributed by atoms with van der Waals surface area (Å²) >= 11 is 0. The van der Waals surface area contributed by atoms with Crippen molar-refractivity contribution in [3.05, 3.63) is 12.7 Å².